The van der Waals surface area contributed by atoms with Gasteiger partial charge < -0.3 is 5.73 Å². The number of halogens is 3. The third-order valence-corrected chi connectivity index (χ3v) is 2.37. The third kappa shape index (κ3) is 4.56. The maximum absolute atomic E-state index is 12.4. The van der Waals surface area contributed by atoms with Crippen molar-refractivity contribution >= 4 is 5.78 Å². The molecule has 0 fully saturated rings. The van der Waals surface area contributed by atoms with Crippen LogP contribution < -0.4 is 5.73 Å². The number of carbonyl (C=O) groups excluding carboxylic acids is 1. The molecule has 0 aromatic heterocycles. The van der Waals surface area contributed by atoms with Crippen LogP contribution in [0.15, 0.2) is 24.3 Å². The van der Waals surface area contributed by atoms with Crippen LogP contribution in [-0.2, 0) is 17.4 Å². The summed E-state index contributed by atoms with van der Waals surface area (Å²) in [4.78, 5) is 11.2. The Morgan fingerprint density at radius 2 is 1.94 bits per heavy atom. The summed E-state index contributed by atoms with van der Waals surface area (Å²) in [6.07, 6.45) is -3.50. The number of benzene rings is 1. The number of rotatable bonds is 5. The summed E-state index contributed by atoms with van der Waals surface area (Å²) in [5, 5.41) is 0. The fourth-order valence-electron chi connectivity index (χ4n) is 1.47. The van der Waals surface area contributed by atoms with E-state index in [2.05, 4.69) is 0 Å². The molecular formula is C12H14F3NO. The topological polar surface area (TPSA) is 43.1 Å². The molecule has 1 rings (SSSR count). The minimum atomic E-state index is -4.34. The summed E-state index contributed by atoms with van der Waals surface area (Å²) in [5.74, 6) is -0.0232. The molecule has 1 aromatic carbocycles. The van der Waals surface area contributed by atoms with Gasteiger partial charge in [0.2, 0.25) is 0 Å². The number of alkyl halides is 3. The first-order valence-electron chi connectivity index (χ1n) is 5.31. The second-order valence-corrected chi connectivity index (χ2v) is 3.78. The van der Waals surface area contributed by atoms with Crippen LogP contribution >= 0.6 is 0 Å². The van der Waals surface area contributed by atoms with Gasteiger partial charge in [-0.3, -0.25) is 4.79 Å². The maximum Gasteiger partial charge on any atom is 0.416 e. The van der Waals surface area contributed by atoms with Crippen molar-refractivity contribution in [3.63, 3.8) is 0 Å². The quantitative estimate of drug-likeness (QED) is 0.866. The standard InChI is InChI=1S/C12H14F3NO/c13-12(14,15)10-3-1-2-9(8-10)4-5-11(17)6-7-16/h1-3,8H,4-7,16H2. The molecule has 2 nitrogen and oxygen atoms in total. The van der Waals surface area contributed by atoms with Gasteiger partial charge in [-0.15, -0.1) is 0 Å². The van der Waals surface area contributed by atoms with E-state index in [1.807, 2.05) is 0 Å². The SMILES string of the molecule is NCCC(=O)CCc1cccc(C(F)(F)F)c1. The Morgan fingerprint density at radius 1 is 1.24 bits per heavy atom. The van der Waals surface area contributed by atoms with Crippen LogP contribution in [0.2, 0.25) is 0 Å². The van der Waals surface area contributed by atoms with Gasteiger partial charge in [0.25, 0.3) is 0 Å². The summed E-state index contributed by atoms with van der Waals surface area (Å²) >= 11 is 0. The molecule has 0 atom stereocenters. The molecule has 17 heavy (non-hydrogen) atoms. The number of ketones is 1. The number of aryl methyl sites for hydroxylation is 1. The third-order valence-electron chi connectivity index (χ3n) is 2.37. The lowest BCUT2D eigenvalue weighted by atomic mass is 10.0. The highest BCUT2D eigenvalue weighted by molar-refractivity contribution is 5.78. The molecule has 0 saturated carbocycles. The van der Waals surface area contributed by atoms with E-state index >= 15 is 0 Å². The number of hydrogen-bond acceptors (Lipinski definition) is 2. The van der Waals surface area contributed by atoms with Crippen LogP contribution in [0.1, 0.15) is 24.0 Å². The molecule has 1 aromatic rings. The van der Waals surface area contributed by atoms with Crippen molar-refractivity contribution in [3.05, 3.63) is 35.4 Å². The van der Waals surface area contributed by atoms with Crippen LogP contribution in [0, 0.1) is 0 Å². The average Bonchev–Trinajstić information content (AvgIpc) is 2.26. The fraction of sp³-hybridized carbons (Fsp3) is 0.417. The second kappa shape index (κ2) is 5.82. The molecule has 0 radical (unpaired) electrons. The second-order valence-electron chi connectivity index (χ2n) is 3.78. The van der Waals surface area contributed by atoms with E-state index in [9.17, 15) is 18.0 Å². The molecule has 0 unspecified atom stereocenters. The van der Waals surface area contributed by atoms with Crippen molar-refractivity contribution in [2.45, 2.75) is 25.4 Å². The molecule has 0 aliphatic rings. The molecule has 94 valence electrons. The highest BCUT2D eigenvalue weighted by atomic mass is 19.4. The highest BCUT2D eigenvalue weighted by Crippen LogP contribution is 2.29. The lowest BCUT2D eigenvalue weighted by Gasteiger charge is -2.08. The van der Waals surface area contributed by atoms with E-state index in [0.717, 1.165) is 12.1 Å². The molecule has 2 N–H and O–H groups in total. The lowest BCUT2D eigenvalue weighted by Crippen LogP contribution is -2.09. The fourth-order valence-corrected chi connectivity index (χ4v) is 1.47. The van der Waals surface area contributed by atoms with Gasteiger partial charge in [-0.05, 0) is 24.6 Å². The van der Waals surface area contributed by atoms with Gasteiger partial charge in [-0.25, -0.2) is 0 Å². The molecule has 0 bridgehead atoms. The highest BCUT2D eigenvalue weighted by Gasteiger charge is 2.30. The zero-order valence-corrected chi connectivity index (χ0v) is 9.26. The van der Waals surface area contributed by atoms with Gasteiger partial charge in [0.1, 0.15) is 5.78 Å². The van der Waals surface area contributed by atoms with Gasteiger partial charge in [-0.2, -0.15) is 13.2 Å². The molecule has 5 heteroatoms. The smallest absolute Gasteiger partial charge is 0.330 e. The van der Waals surface area contributed by atoms with E-state index < -0.39 is 11.7 Å². The van der Waals surface area contributed by atoms with Crippen molar-refractivity contribution in [1.82, 2.24) is 0 Å². The first-order valence-corrected chi connectivity index (χ1v) is 5.31. The predicted molar refractivity (Wildman–Crippen MR) is 58.4 cm³/mol. The molecule has 0 saturated heterocycles. The van der Waals surface area contributed by atoms with E-state index in [4.69, 9.17) is 5.73 Å². The monoisotopic (exact) mass is 245 g/mol. The number of Topliss-reactive ketones (excluding diaryl/α,β-unsaturated/α-hetero) is 1. The summed E-state index contributed by atoms with van der Waals surface area (Å²) < 4.78 is 37.2. The maximum atomic E-state index is 12.4. The van der Waals surface area contributed by atoms with Crippen LogP contribution in [0.4, 0.5) is 13.2 Å². The van der Waals surface area contributed by atoms with E-state index in [1.54, 1.807) is 6.07 Å². The summed E-state index contributed by atoms with van der Waals surface area (Å²) in [6.45, 7) is 0.279. The number of nitrogens with two attached hydrogens (primary N) is 1. The van der Waals surface area contributed by atoms with Gasteiger partial charge >= 0.3 is 6.18 Å². The van der Waals surface area contributed by atoms with Gasteiger partial charge in [0.05, 0.1) is 5.56 Å². The molecule has 0 heterocycles. The molecule has 0 spiro atoms. The van der Waals surface area contributed by atoms with Gasteiger partial charge in [0, 0.05) is 12.8 Å². The molecular weight excluding hydrogens is 231 g/mol. The lowest BCUT2D eigenvalue weighted by molar-refractivity contribution is -0.137. The van der Waals surface area contributed by atoms with E-state index in [1.165, 1.54) is 6.07 Å². The first-order chi connectivity index (χ1) is 7.93. The zero-order valence-electron chi connectivity index (χ0n) is 9.26. The van der Waals surface area contributed by atoms with Crippen molar-refractivity contribution in [2.75, 3.05) is 6.54 Å². The summed E-state index contributed by atoms with van der Waals surface area (Å²) in [5.41, 5.74) is 5.05. The Hall–Kier alpha value is -1.36. The number of hydrogen-bond donors (Lipinski definition) is 1. The Balaban J connectivity index is 2.64. The first kappa shape index (κ1) is 13.7. The van der Waals surface area contributed by atoms with Crippen molar-refractivity contribution in [2.24, 2.45) is 5.73 Å². The Kier molecular flexibility index (Phi) is 4.69. The Labute approximate surface area is 97.6 Å². The van der Waals surface area contributed by atoms with Gasteiger partial charge in [-0.1, -0.05) is 18.2 Å². The van der Waals surface area contributed by atoms with Crippen molar-refractivity contribution in [1.29, 1.82) is 0 Å². The minimum absolute atomic E-state index is 0.0232. The van der Waals surface area contributed by atoms with Crippen molar-refractivity contribution in [3.8, 4) is 0 Å². The normalized spacial score (nSPS) is 11.5. The summed E-state index contributed by atoms with van der Waals surface area (Å²) in [7, 11) is 0. The predicted octanol–water partition coefficient (Wildman–Crippen LogP) is 2.56. The van der Waals surface area contributed by atoms with Crippen LogP contribution in [0.25, 0.3) is 0 Å². The zero-order chi connectivity index (χ0) is 12.9. The van der Waals surface area contributed by atoms with Crippen molar-refractivity contribution < 1.29 is 18.0 Å². The molecule has 0 aliphatic carbocycles. The minimum Gasteiger partial charge on any atom is -0.330 e. The Morgan fingerprint density at radius 3 is 2.53 bits per heavy atom. The van der Waals surface area contributed by atoms with Gasteiger partial charge in [0.15, 0.2) is 0 Å². The van der Waals surface area contributed by atoms with Crippen LogP contribution in [0.5, 0.6) is 0 Å². The Bertz CT molecular complexity index is 388. The van der Waals surface area contributed by atoms with Crippen LogP contribution in [0.3, 0.4) is 0 Å². The average molecular weight is 245 g/mol. The molecule has 0 amide bonds. The largest absolute Gasteiger partial charge is 0.416 e. The molecule has 0 aliphatic heterocycles. The summed E-state index contributed by atoms with van der Waals surface area (Å²) in [6, 6.07) is 5.04. The van der Waals surface area contributed by atoms with E-state index in [-0.39, 0.29) is 25.2 Å². The number of carbonyl (C=O) groups is 1. The van der Waals surface area contributed by atoms with Crippen LogP contribution in [-0.4, -0.2) is 12.3 Å². The van der Waals surface area contributed by atoms with E-state index in [0.29, 0.717) is 12.0 Å².